The Hall–Kier alpha value is -4.32. The van der Waals surface area contributed by atoms with Crippen LogP contribution in [-0.4, -0.2) is 20.1 Å². The first-order valence-corrected chi connectivity index (χ1v) is 9.04. The summed E-state index contributed by atoms with van der Waals surface area (Å²) in [5, 5.41) is 18.7. The highest BCUT2D eigenvalue weighted by Crippen LogP contribution is 2.21. The van der Waals surface area contributed by atoms with Crippen LogP contribution in [0.4, 0.5) is 27.5 Å². The maximum Gasteiger partial charge on any atom is 0.231 e. The molecular formula is C21H16FN7O. The van der Waals surface area contributed by atoms with Crippen molar-refractivity contribution in [1.82, 2.24) is 20.1 Å². The van der Waals surface area contributed by atoms with Gasteiger partial charge in [0.15, 0.2) is 17.5 Å². The van der Waals surface area contributed by atoms with Gasteiger partial charge in [-0.2, -0.15) is 15.2 Å². The summed E-state index contributed by atoms with van der Waals surface area (Å²) in [6.45, 7) is 1.76. The topological polar surface area (TPSA) is 113 Å². The highest BCUT2D eigenvalue weighted by Gasteiger charge is 2.09. The second-order valence-electron chi connectivity index (χ2n) is 6.44. The molecule has 0 radical (unpaired) electrons. The van der Waals surface area contributed by atoms with Crippen LogP contribution < -0.4 is 10.6 Å². The van der Waals surface area contributed by atoms with E-state index in [0.29, 0.717) is 35.1 Å². The van der Waals surface area contributed by atoms with E-state index >= 15 is 0 Å². The summed E-state index contributed by atoms with van der Waals surface area (Å²) in [7, 11) is 0. The second-order valence-corrected chi connectivity index (χ2v) is 6.44. The van der Waals surface area contributed by atoms with E-state index in [1.807, 2.05) is 24.3 Å². The van der Waals surface area contributed by atoms with Crippen LogP contribution in [0.25, 0.3) is 0 Å². The minimum atomic E-state index is -0.586. The molecule has 30 heavy (non-hydrogen) atoms. The molecular weight excluding hydrogens is 385 g/mol. The largest absolute Gasteiger partial charge is 0.339 e. The van der Waals surface area contributed by atoms with Crippen LogP contribution in [0.15, 0.2) is 59.3 Å². The van der Waals surface area contributed by atoms with E-state index in [1.165, 1.54) is 0 Å². The maximum atomic E-state index is 14.2. The van der Waals surface area contributed by atoms with E-state index in [1.54, 1.807) is 31.2 Å². The van der Waals surface area contributed by atoms with Crippen molar-refractivity contribution in [3.05, 3.63) is 83.4 Å². The minimum Gasteiger partial charge on any atom is -0.339 e. The lowest BCUT2D eigenvalue weighted by atomic mass is 10.1. The summed E-state index contributed by atoms with van der Waals surface area (Å²) < 4.78 is 19.3. The van der Waals surface area contributed by atoms with Crippen LogP contribution in [0.2, 0.25) is 0 Å². The molecule has 0 aliphatic rings. The van der Waals surface area contributed by atoms with E-state index in [9.17, 15) is 4.39 Å². The fourth-order valence-electron chi connectivity index (χ4n) is 2.74. The number of hydrogen-bond donors (Lipinski definition) is 2. The quantitative estimate of drug-likeness (QED) is 0.493. The minimum absolute atomic E-state index is 0.0317. The fourth-order valence-corrected chi connectivity index (χ4v) is 2.74. The van der Waals surface area contributed by atoms with Gasteiger partial charge in [-0.05, 0) is 42.8 Å². The summed E-state index contributed by atoms with van der Waals surface area (Å²) in [6.07, 6.45) is 1.59. The number of nitrogens with zero attached hydrogens (tertiary/aromatic N) is 5. The predicted molar refractivity (Wildman–Crippen MR) is 108 cm³/mol. The number of hydrogen-bond acceptors (Lipinski definition) is 8. The van der Waals surface area contributed by atoms with Crippen LogP contribution in [0.1, 0.15) is 22.8 Å². The van der Waals surface area contributed by atoms with Gasteiger partial charge in [-0.25, -0.2) is 9.37 Å². The molecule has 2 aromatic carbocycles. The number of nitrogens with one attached hydrogen (secondary N) is 2. The van der Waals surface area contributed by atoms with Gasteiger partial charge >= 0.3 is 0 Å². The van der Waals surface area contributed by atoms with Gasteiger partial charge in [0.05, 0.1) is 24.3 Å². The molecule has 9 heteroatoms. The molecule has 4 rings (SSSR count). The molecule has 0 atom stereocenters. The Morgan fingerprint density at radius 2 is 1.90 bits per heavy atom. The van der Waals surface area contributed by atoms with Crippen LogP contribution in [0.3, 0.4) is 0 Å². The average Bonchev–Trinajstić information content (AvgIpc) is 3.16. The van der Waals surface area contributed by atoms with E-state index in [2.05, 4.69) is 36.8 Å². The fraction of sp³-hybridized carbons (Fsp3) is 0.0952. The lowest BCUT2D eigenvalue weighted by molar-refractivity contribution is 0.381. The zero-order valence-corrected chi connectivity index (χ0v) is 15.9. The van der Waals surface area contributed by atoms with Crippen molar-refractivity contribution in [2.24, 2.45) is 0 Å². The SMILES string of the molecule is Cc1noc(Cc2ccc(Nc3nc(Nc4cccc(C#N)c4)ncc3F)cc2)n1. The Morgan fingerprint density at radius 3 is 2.63 bits per heavy atom. The lowest BCUT2D eigenvalue weighted by Gasteiger charge is -2.10. The Balaban J connectivity index is 1.47. The van der Waals surface area contributed by atoms with Gasteiger partial charge in [-0.1, -0.05) is 23.4 Å². The zero-order valence-electron chi connectivity index (χ0n) is 15.9. The summed E-state index contributed by atoms with van der Waals surface area (Å²) in [5.41, 5.74) is 2.77. The molecule has 2 aromatic heterocycles. The van der Waals surface area contributed by atoms with Gasteiger partial charge in [0.25, 0.3) is 0 Å². The molecule has 0 fully saturated rings. The molecule has 148 valence electrons. The maximum absolute atomic E-state index is 14.2. The molecule has 4 aromatic rings. The molecule has 0 aliphatic heterocycles. The van der Waals surface area contributed by atoms with Gasteiger partial charge in [0.1, 0.15) is 0 Å². The second kappa shape index (κ2) is 8.36. The first kappa shape index (κ1) is 19.0. The molecule has 0 amide bonds. The summed E-state index contributed by atoms with van der Waals surface area (Å²) >= 11 is 0. The molecule has 2 N–H and O–H groups in total. The van der Waals surface area contributed by atoms with Crippen molar-refractivity contribution in [2.75, 3.05) is 10.6 Å². The lowest BCUT2D eigenvalue weighted by Crippen LogP contribution is -2.03. The van der Waals surface area contributed by atoms with Crippen molar-refractivity contribution >= 4 is 23.1 Å². The third kappa shape index (κ3) is 4.56. The normalized spacial score (nSPS) is 10.4. The number of aromatic nitrogens is 4. The van der Waals surface area contributed by atoms with Crippen LogP contribution in [0, 0.1) is 24.1 Å². The van der Waals surface area contributed by atoms with Gasteiger partial charge in [-0.15, -0.1) is 0 Å². The number of nitriles is 1. The molecule has 2 heterocycles. The third-order valence-corrected chi connectivity index (χ3v) is 4.13. The Bertz CT molecular complexity index is 1210. The van der Waals surface area contributed by atoms with Gasteiger partial charge in [-0.3, -0.25) is 0 Å². The Labute approximate surface area is 171 Å². The number of anilines is 4. The molecule has 0 bridgehead atoms. The predicted octanol–water partition coefficient (Wildman–Crippen LogP) is 4.26. The molecule has 0 saturated carbocycles. The Morgan fingerprint density at radius 1 is 1.07 bits per heavy atom. The van der Waals surface area contributed by atoms with Crippen LogP contribution in [0.5, 0.6) is 0 Å². The first-order valence-electron chi connectivity index (χ1n) is 9.04. The van der Waals surface area contributed by atoms with Crippen molar-refractivity contribution in [2.45, 2.75) is 13.3 Å². The van der Waals surface area contributed by atoms with Crippen LogP contribution in [-0.2, 0) is 6.42 Å². The van der Waals surface area contributed by atoms with E-state index in [-0.39, 0.29) is 11.8 Å². The molecule has 0 unspecified atom stereocenters. The highest BCUT2D eigenvalue weighted by atomic mass is 19.1. The molecule has 0 aliphatic carbocycles. The van der Waals surface area contributed by atoms with Crippen molar-refractivity contribution < 1.29 is 8.91 Å². The number of benzene rings is 2. The van der Waals surface area contributed by atoms with E-state index in [0.717, 1.165) is 11.8 Å². The third-order valence-electron chi connectivity index (χ3n) is 4.13. The molecule has 0 saturated heterocycles. The Kier molecular flexibility index (Phi) is 5.30. The summed E-state index contributed by atoms with van der Waals surface area (Å²) in [6, 6.07) is 16.3. The van der Waals surface area contributed by atoms with E-state index in [4.69, 9.17) is 9.78 Å². The van der Waals surface area contributed by atoms with Crippen molar-refractivity contribution in [3.63, 3.8) is 0 Å². The number of aryl methyl sites for hydroxylation is 1. The van der Waals surface area contributed by atoms with Crippen molar-refractivity contribution in [3.8, 4) is 6.07 Å². The van der Waals surface area contributed by atoms with Gasteiger partial charge in [0, 0.05) is 11.4 Å². The highest BCUT2D eigenvalue weighted by molar-refractivity contribution is 5.61. The standard InChI is InChI=1S/C21H16FN7O/c1-13-25-19(30-29-13)10-14-5-7-16(8-6-14)26-20-18(22)12-24-21(28-20)27-17-4-2-3-15(9-17)11-23/h2-9,12H,10H2,1H3,(H2,24,26,27,28). The molecule has 8 nitrogen and oxygen atoms in total. The first-order chi connectivity index (χ1) is 14.6. The van der Waals surface area contributed by atoms with Gasteiger partial charge in [0.2, 0.25) is 11.8 Å². The molecule has 0 spiro atoms. The summed E-state index contributed by atoms with van der Waals surface area (Å²) in [5.74, 6) is 0.774. The smallest absolute Gasteiger partial charge is 0.231 e. The van der Waals surface area contributed by atoms with Gasteiger partial charge < -0.3 is 15.2 Å². The van der Waals surface area contributed by atoms with Crippen LogP contribution >= 0.6 is 0 Å². The average molecular weight is 401 g/mol. The van der Waals surface area contributed by atoms with Crippen molar-refractivity contribution in [1.29, 1.82) is 5.26 Å². The van der Waals surface area contributed by atoms with E-state index < -0.39 is 5.82 Å². The number of rotatable bonds is 6. The zero-order chi connectivity index (χ0) is 20.9. The number of halogens is 1. The monoisotopic (exact) mass is 401 g/mol. The summed E-state index contributed by atoms with van der Waals surface area (Å²) in [4.78, 5) is 12.3.